The third-order valence-electron chi connectivity index (χ3n) is 8.22. The van der Waals surface area contributed by atoms with Gasteiger partial charge in [-0.1, -0.05) is 49.7 Å². The maximum atomic E-state index is 13.0. The minimum absolute atomic E-state index is 0.00000996. The molecule has 290 valence electrons. The van der Waals surface area contributed by atoms with Gasteiger partial charge in [-0.05, 0) is 77.9 Å². The summed E-state index contributed by atoms with van der Waals surface area (Å²) < 4.78 is 43.7. The first kappa shape index (κ1) is 40.0. The van der Waals surface area contributed by atoms with Gasteiger partial charge < -0.3 is 42.4 Å². The number of nitrogens with two attached hydrogens (primary N) is 1. The molecule has 5 rings (SSSR count). The maximum Gasteiger partial charge on any atom is 0.422 e. The molecule has 0 spiro atoms. The van der Waals surface area contributed by atoms with Crippen molar-refractivity contribution in [3.05, 3.63) is 94.5 Å². The van der Waals surface area contributed by atoms with Crippen molar-refractivity contribution >= 4 is 58.6 Å². The van der Waals surface area contributed by atoms with E-state index >= 15 is 0 Å². The van der Waals surface area contributed by atoms with Crippen molar-refractivity contribution in [2.75, 3.05) is 35.6 Å². The molecular weight excluding hydrogens is 745 g/mol. The van der Waals surface area contributed by atoms with Crippen LogP contribution in [-0.2, 0) is 21.7 Å². The second-order valence-corrected chi connectivity index (χ2v) is 13.9. The molecule has 5 amide bonds. The molecule has 55 heavy (non-hydrogen) atoms. The van der Waals surface area contributed by atoms with Gasteiger partial charge in [0, 0.05) is 41.6 Å². The molecule has 15 nitrogen and oxygen atoms in total. The number of nitrogens with zero attached hydrogens (tertiary/aromatic N) is 3. The van der Waals surface area contributed by atoms with Crippen LogP contribution >= 0.6 is 11.6 Å². The predicted molar refractivity (Wildman–Crippen MR) is 198 cm³/mol. The van der Waals surface area contributed by atoms with Crippen molar-refractivity contribution in [2.45, 2.75) is 44.9 Å². The zero-order valence-corrected chi connectivity index (χ0v) is 30.4. The Balaban J connectivity index is 1.14. The number of primary amides is 1. The Hall–Kier alpha value is -6.17. The summed E-state index contributed by atoms with van der Waals surface area (Å²) in [6.45, 7) is 2.41. The summed E-state index contributed by atoms with van der Waals surface area (Å²) in [6.07, 6.45) is -3.16. The number of aromatic nitrogens is 3. The van der Waals surface area contributed by atoms with Crippen LogP contribution in [0.15, 0.2) is 72.8 Å². The van der Waals surface area contributed by atoms with Crippen LogP contribution in [0.1, 0.15) is 48.2 Å². The lowest BCUT2D eigenvalue weighted by Crippen LogP contribution is -2.44. The molecule has 1 heterocycles. The van der Waals surface area contributed by atoms with Crippen LogP contribution in [0.25, 0.3) is 0 Å². The van der Waals surface area contributed by atoms with E-state index in [2.05, 4.69) is 46.9 Å². The molecule has 4 aromatic rings. The van der Waals surface area contributed by atoms with Gasteiger partial charge in [-0.15, -0.1) is 0 Å². The summed E-state index contributed by atoms with van der Waals surface area (Å²) in [6, 6.07) is 18.6. The van der Waals surface area contributed by atoms with Gasteiger partial charge in [0.15, 0.2) is 6.61 Å². The number of hydrogen-bond acceptors (Lipinski definition) is 10. The molecule has 1 aliphatic carbocycles. The number of rotatable bonds is 15. The molecule has 0 radical (unpaired) electrons. The molecule has 1 aromatic heterocycles. The first-order valence-corrected chi connectivity index (χ1v) is 17.2. The number of amides is 5. The fourth-order valence-corrected chi connectivity index (χ4v) is 5.20. The Bertz CT molecular complexity index is 2010. The summed E-state index contributed by atoms with van der Waals surface area (Å²) in [5, 5.41) is 17.0. The van der Waals surface area contributed by atoms with Crippen LogP contribution in [-0.4, -0.2) is 64.6 Å². The van der Waals surface area contributed by atoms with E-state index in [9.17, 15) is 32.3 Å². The largest absolute Gasteiger partial charge is 0.454 e. The number of nitrogens with one attached hydrogen (secondary N) is 6. The highest BCUT2D eigenvalue weighted by atomic mass is 35.5. The Morgan fingerprint density at radius 1 is 0.800 bits per heavy atom. The van der Waals surface area contributed by atoms with Crippen LogP contribution < -0.4 is 42.4 Å². The van der Waals surface area contributed by atoms with Crippen molar-refractivity contribution in [1.82, 2.24) is 30.9 Å². The average molecular weight is 783 g/mol. The molecular formula is C36H38ClF3N10O5. The number of carbonyl (C=O) groups excluding carboxylic acids is 4. The Labute approximate surface area is 318 Å². The van der Waals surface area contributed by atoms with E-state index in [0.29, 0.717) is 22.0 Å². The Kier molecular flexibility index (Phi) is 12.3. The standard InChI is InChI=1S/C36H38ClF3N10O5/c1-34(2,19-44-28(52)29(53)45-25-11-3-21(4-12-25)17-42-30(41)54)18-43-27(51)22-5-13-26(14-6-22)46-31-47-32(49-33(48-31)55-20-36(38,39)40)50-35(15-16-35)23-7-9-24(37)10-8-23/h3-14H,15-20H2,1-2H3,(H,43,51)(H,44,52)(H,45,53)(H3,41,42,54)(H2,46,47,48,49,50). The topological polar surface area (TPSA) is 214 Å². The molecule has 1 aliphatic rings. The van der Waals surface area contributed by atoms with Gasteiger partial charge in [-0.25, -0.2) is 4.79 Å². The highest BCUT2D eigenvalue weighted by Gasteiger charge is 2.45. The van der Waals surface area contributed by atoms with Crippen molar-refractivity contribution in [3.63, 3.8) is 0 Å². The second kappa shape index (κ2) is 16.9. The van der Waals surface area contributed by atoms with Crippen LogP contribution in [0.4, 0.5) is 41.2 Å². The predicted octanol–water partition coefficient (Wildman–Crippen LogP) is 4.99. The van der Waals surface area contributed by atoms with Gasteiger partial charge in [0.2, 0.25) is 11.9 Å². The monoisotopic (exact) mass is 782 g/mol. The van der Waals surface area contributed by atoms with E-state index in [1.165, 1.54) is 12.1 Å². The minimum atomic E-state index is -4.62. The maximum absolute atomic E-state index is 13.0. The van der Waals surface area contributed by atoms with E-state index < -0.39 is 53.5 Å². The lowest BCUT2D eigenvalue weighted by Gasteiger charge is -2.25. The van der Waals surface area contributed by atoms with Gasteiger partial charge >= 0.3 is 30.0 Å². The van der Waals surface area contributed by atoms with Crippen molar-refractivity contribution in [1.29, 1.82) is 0 Å². The number of halogens is 4. The number of ether oxygens (including phenoxy) is 1. The van der Waals surface area contributed by atoms with Crippen LogP contribution in [0, 0.1) is 5.41 Å². The van der Waals surface area contributed by atoms with Gasteiger partial charge in [0.25, 0.3) is 5.91 Å². The third kappa shape index (κ3) is 12.2. The molecule has 0 atom stereocenters. The summed E-state index contributed by atoms with van der Waals surface area (Å²) in [5.41, 5.74) is 6.63. The van der Waals surface area contributed by atoms with Crippen LogP contribution in [0.2, 0.25) is 5.02 Å². The molecule has 0 bridgehead atoms. The fraction of sp³-hybridized carbons (Fsp3) is 0.306. The number of urea groups is 1. The highest BCUT2D eigenvalue weighted by Crippen LogP contribution is 2.48. The summed E-state index contributed by atoms with van der Waals surface area (Å²) in [4.78, 5) is 61.1. The van der Waals surface area contributed by atoms with E-state index in [1.807, 2.05) is 12.1 Å². The lowest BCUT2D eigenvalue weighted by atomic mass is 9.93. The molecule has 0 aliphatic heterocycles. The van der Waals surface area contributed by atoms with Crippen molar-refractivity contribution in [3.8, 4) is 6.01 Å². The summed E-state index contributed by atoms with van der Waals surface area (Å²) in [7, 11) is 0. The average Bonchev–Trinajstić information content (AvgIpc) is 3.92. The lowest BCUT2D eigenvalue weighted by molar-refractivity contribution is -0.154. The SMILES string of the molecule is CC(C)(CNC(=O)C(=O)Nc1ccc(CNC(N)=O)cc1)CNC(=O)c1ccc(Nc2nc(NC3(c4ccc(Cl)cc4)CC3)nc(OCC(F)(F)F)n2)cc1. The van der Waals surface area contributed by atoms with E-state index in [1.54, 1.807) is 62.4 Å². The highest BCUT2D eigenvalue weighted by molar-refractivity contribution is 6.39. The smallest absolute Gasteiger partial charge is 0.422 e. The first-order chi connectivity index (χ1) is 26.0. The normalized spacial score (nSPS) is 13.2. The Morgan fingerprint density at radius 3 is 2.04 bits per heavy atom. The number of anilines is 4. The number of carbonyl (C=O) groups is 4. The molecule has 0 unspecified atom stereocenters. The molecule has 1 fully saturated rings. The summed E-state index contributed by atoms with van der Waals surface area (Å²) in [5.74, 6) is -2.25. The van der Waals surface area contributed by atoms with Crippen LogP contribution in [0.5, 0.6) is 6.01 Å². The third-order valence-corrected chi connectivity index (χ3v) is 8.47. The van der Waals surface area contributed by atoms with Crippen LogP contribution in [0.3, 0.4) is 0 Å². The number of benzene rings is 3. The van der Waals surface area contributed by atoms with Gasteiger partial charge in [0.05, 0.1) is 5.54 Å². The molecule has 1 saturated carbocycles. The van der Waals surface area contributed by atoms with Gasteiger partial charge in [0.1, 0.15) is 0 Å². The zero-order valence-electron chi connectivity index (χ0n) is 29.6. The fourth-order valence-electron chi connectivity index (χ4n) is 5.07. The Morgan fingerprint density at radius 2 is 1.42 bits per heavy atom. The van der Waals surface area contributed by atoms with Crippen molar-refractivity contribution in [2.24, 2.45) is 11.1 Å². The number of hydrogen-bond donors (Lipinski definition) is 7. The molecule has 19 heteroatoms. The first-order valence-electron chi connectivity index (χ1n) is 16.8. The van der Waals surface area contributed by atoms with E-state index in [4.69, 9.17) is 22.1 Å². The molecule has 3 aromatic carbocycles. The van der Waals surface area contributed by atoms with Gasteiger partial charge in [-0.3, -0.25) is 14.4 Å². The summed E-state index contributed by atoms with van der Waals surface area (Å²) >= 11 is 6.03. The van der Waals surface area contributed by atoms with E-state index in [-0.39, 0.29) is 31.5 Å². The zero-order chi connectivity index (χ0) is 39.8. The molecule has 0 saturated heterocycles. The van der Waals surface area contributed by atoms with E-state index in [0.717, 1.165) is 24.0 Å². The minimum Gasteiger partial charge on any atom is -0.454 e. The van der Waals surface area contributed by atoms with Crippen molar-refractivity contribution < 1.29 is 37.1 Å². The second-order valence-electron chi connectivity index (χ2n) is 13.5. The van der Waals surface area contributed by atoms with Gasteiger partial charge in [-0.2, -0.15) is 28.1 Å². The molecule has 8 N–H and O–H groups in total. The number of alkyl halides is 3. The quantitative estimate of drug-likeness (QED) is 0.0803.